The number of dihydropyridines is 1. The highest BCUT2D eigenvalue weighted by atomic mass is 16.1. The van der Waals surface area contributed by atoms with E-state index in [1.165, 1.54) is 0 Å². The van der Waals surface area contributed by atoms with Crippen LogP contribution in [0.25, 0.3) is 5.57 Å². The van der Waals surface area contributed by atoms with Crippen LogP contribution in [0.15, 0.2) is 42.9 Å². The summed E-state index contributed by atoms with van der Waals surface area (Å²) in [6.45, 7) is 0. The summed E-state index contributed by atoms with van der Waals surface area (Å²) in [6, 6.07) is 3.66. The van der Waals surface area contributed by atoms with Crippen LogP contribution in [0.1, 0.15) is 5.56 Å². The Labute approximate surface area is 82.2 Å². The number of carbonyl (C=O) groups is 1. The van der Waals surface area contributed by atoms with Gasteiger partial charge in [-0.25, -0.2) is 0 Å². The zero-order valence-electron chi connectivity index (χ0n) is 7.55. The molecule has 1 aliphatic rings. The number of carbonyl (C=O) groups excluding carboxylic acids is 1. The van der Waals surface area contributed by atoms with Gasteiger partial charge < -0.3 is 10.1 Å². The molecule has 0 radical (unpaired) electrons. The molecule has 0 saturated heterocycles. The number of rotatable bonds is 2. The summed E-state index contributed by atoms with van der Waals surface area (Å²) in [6.07, 6.45) is 9.97. The summed E-state index contributed by atoms with van der Waals surface area (Å²) in [7, 11) is 0. The van der Waals surface area contributed by atoms with Crippen LogP contribution in [0.5, 0.6) is 0 Å². The molecule has 2 heterocycles. The van der Waals surface area contributed by atoms with Crippen molar-refractivity contribution in [1.82, 2.24) is 10.3 Å². The van der Waals surface area contributed by atoms with E-state index in [9.17, 15) is 4.79 Å². The Kier molecular flexibility index (Phi) is 2.40. The zero-order valence-corrected chi connectivity index (χ0v) is 7.55. The molecule has 2 rings (SSSR count). The van der Waals surface area contributed by atoms with Crippen LogP contribution >= 0.6 is 0 Å². The fourth-order valence-corrected chi connectivity index (χ4v) is 1.29. The van der Waals surface area contributed by atoms with Crippen molar-refractivity contribution in [3.8, 4) is 0 Å². The predicted molar refractivity (Wildman–Crippen MR) is 54.3 cm³/mol. The Morgan fingerprint density at radius 1 is 1.50 bits per heavy atom. The van der Waals surface area contributed by atoms with Crippen LogP contribution < -0.4 is 5.32 Å². The Bertz CT molecular complexity index is 382. The second-order valence-electron chi connectivity index (χ2n) is 3.03. The maximum absolute atomic E-state index is 10.4. The lowest BCUT2D eigenvalue weighted by molar-refractivity contribution is -0.108. The maximum Gasteiger partial charge on any atom is 0.146 e. The standard InChI is InChI=1S/C11H10N2O/c14-8-11-4-3-10(7-13-11)9-2-1-5-12-6-9/h1-8,11,13H. The van der Waals surface area contributed by atoms with Crippen LogP contribution in [-0.4, -0.2) is 17.3 Å². The number of allylic oxidation sites excluding steroid dienone is 2. The van der Waals surface area contributed by atoms with Crippen molar-refractivity contribution in [1.29, 1.82) is 0 Å². The molecule has 0 fully saturated rings. The molecule has 0 amide bonds. The normalized spacial score (nSPS) is 19.7. The number of aldehydes is 1. The molecule has 0 aromatic carbocycles. The first-order valence-electron chi connectivity index (χ1n) is 4.40. The molecular formula is C11H10N2O. The van der Waals surface area contributed by atoms with Gasteiger partial charge in [0, 0.05) is 24.2 Å². The van der Waals surface area contributed by atoms with Crippen molar-refractivity contribution >= 4 is 11.9 Å². The molecular weight excluding hydrogens is 176 g/mol. The molecule has 0 bridgehead atoms. The minimum Gasteiger partial charge on any atom is -0.378 e. The molecule has 1 aromatic rings. The van der Waals surface area contributed by atoms with Gasteiger partial charge >= 0.3 is 0 Å². The van der Waals surface area contributed by atoms with E-state index >= 15 is 0 Å². The molecule has 1 unspecified atom stereocenters. The monoisotopic (exact) mass is 186 g/mol. The van der Waals surface area contributed by atoms with Crippen LogP contribution in [0, 0.1) is 0 Å². The molecule has 3 heteroatoms. The average molecular weight is 186 g/mol. The number of hydrogen-bond acceptors (Lipinski definition) is 3. The molecule has 1 aromatic heterocycles. The summed E-state index contributed by atoms with van der Waals surface area (Å²) in [5, 5.41) is 2.97. The number of hydrogen-bond donors (Lipinski definition) is 1. The predicted octanol–water partition coefficient (Wildman–Crippen LogP) is 1.15. The summed E-state index contributed by atoms with van der Waals surface area (Å²) in [4.78, 5) is 14.5. The molecule has 70 valence electrons. The lowest BCUT2D eigenvalue weighted by atomic mass is 10.1. The van der Waals surface area contributed by atoms with Gasteiger partial charge in [0.2, 0.25) is 0 Å². The lowest BCUT2D eigenvalue weighted by Crippen LogP contribution is -2.25. The summed E-state index contributed by atoms with van der Waals surface area (Å²) < 4.78 is 0. The molecule has 1 aliphatic heterocycles. The first-order chi connectivity index (χ1) is 6.90. The van der Waals surface area contributed by atoms with Gasteiger partial charge in [-0.15, -0.1) is 0 Å². The fraction of sp³-hybridized carbons (Fsp3) is 0.0909. The molecule has 0 saturated carbocycles. The van der Waals surface area contributed by atoms with Gasteiger partial charge in [-0.3, -0.25) is 4.98 Å². The van der Waals surface area contributed by atoms with Gasteiger partial charge in [-0.1, -0.05) is 18.2 Å². The largest absolute Gasteiger partial charge is 0.378 e. The highest BCUT2D eigenvalue weighted by molar-refractivity contribution is 5.77. The topological polar surface area (TPSA) is 42.0 Å². The van der Waals surface area contributed by atoms with E-state index in [1.807, 2.05) is 30.5 Å². The minimum atomic E-state index is -0.199. The highest BCUT2D eigenvalue weighted by Crippen LogP contribution is 2.16. The SMILES string of the molecule is O=CC1C=CC(c2cccnc2)=CN1. The van der Waals surface area contributed by atoms with E-state index in [-0.39, 0.29) is 6.04 Å². The fourth-order valence-electron chi connectivity index (χ4n) is 1.29. The van der Waals surface area contributed by atoms with E-state index in [0.29, 0.717) is 0 Å². The Balaban J connectivity index is 2.20. The highest BCUT2D eigenvalue weighted by Gasteiger charge is 2.06. The van der Waals surface area contributed by atoms with Crippen molar-refractivity contribution < 1.29 is 4.79 Å². The third-order valence-corrected chi connectivity index (χ3v) is 2.06. The zero-order chi connectivity index (χ0) is 9.80. The van der Waals surface area contributed by atoms with E-state index in [2.05, 4.69) is 10.3 Å². The van der Waals surface area contributed by atoms with Gasteiger partial charge in [0.1, 0.15) is 12.3 Å². The second kappa shape index (κ2) is 3.87. The summed E-state index contributed by atoms with van der Waals surface area (Å²) >= 11 is 0. The van der Waals surface area contributed by atoms with Crippen LogP contribution in [0.2, 0.25) is 0 Å². The Hall–Kier alpha value is -1.90. The van der Waals surface area contributed by atoms with E-state index in [0.717, 1.165) is 17.4 Å². The number of nitrogens with one attached hydrogen (secondary N) is 1. The van der Waals surface area contributed by atoms with E-state index in [1.54, 1.807) is 12.4 Å². The molecule has 14 heavy (non-hydrogen) atoms. The van der Waals surface area contributed by atoms with Crippen LogP contribution in [0.4, 0.5) is 0 Å². The minimum absolute atomic E-state index is 0.199. The van der Waals surface area contributed by atoms with Gasteiger partial charge in [0.15, 0.2) is 0 Å². The molecule has 1 N–H and O–H groups in total. The molecule has 0 spiro atoms. The first-order valence-corrected chi connectivity index (χ1v) is 4.40. The third-order valence-electron chi connectivity index (χ3n) is 2.06. The van der Waals surface area contributed by atoms with Crippen molar-refractivity contribution in [2.24, 2.45) is 0 Å². The maximum atomic E-state index is 10.4. The number of nitrogens with zero attached hydrogens (tertiary/aromatic N) is 1. The Morgan fingerprint density at radius 2 is 2.43 bits per heavy atom. The van der Waals surface area contributed by atoms with Crippen molar-refractivity contribution in [2.45, 2.75) is 6.04 Å². The molecule has 1 atom stereocenters. The van der Waals surface area contributed by atoms with Gasteiger partial charge in [-0.05, 0) is 11.6 Å². The second-order valence-corrected chi connectivity index (χ2v) is 3.03. The summed E-state index contributed by atoms with van der Waals surface area (Å²) in [5.41, 5.74) is 2.08. The Morgan fingerprint density at radius 3 is 3.00 bits per heavy atom. The van der Waals surface area contributed by atoms with Crippen molar-refractivity contribution in [3.05, 3.63) is 48.4 Å². The van der Waals surface area contributed by atoms with E-state index < -0.39 is 0 Å². The lowest BCUT2D eigenvalue weighted by Gasteiger charge is -2.13. The quantitative estimate of drug-likeness (QED) is 0.704. The number of pyridine rings is 1. The molecule has 3 nitrogen and oxygen atoms in total. The van der Waals surface area contributed by atoms with Gasteiger partial charge in [0.05, 0.1) is 0 Å². The summed E-state index contributed by atoms with van der Waals surface area (Å²) in [5.74, 6) is 0. The first kappa shape index (κ1) is 8.69. The van der Waals surface area contributed by atoms with Crippen LogP contribution in [0.3, 0.4) is 0 Å². The number of aromatic nitrogens is 1. The van der Waals surface area contributed by atoms with Crippen LogP contribution in [-0.2, 0) is 4.79 Å². The average Bonchev–Trinajstić information content (AvgIpc) is 2.30. The third kappa shape index (κ3) is 1.71. The van der Waals surface area contributed by atoms with Gasteiger partial charge in [-0.2, -0.15) is 0 Å². The van der Waals surface area contributed by atoms with Gasteiger partial charge in [0.25, 0.3) is 0 Å². The molecule has 0 aliphatic carbocycles. The van der Waals surface area contributed by atoms with E-state index in [4.69, 9.17) is 0 Å². The smallest absolute Gasteiger partial charge is 0.146 e. The van der Waals surface area contributed by atoms with Crippen molar-refractivity contribution in [2.75, 3.05) is 0 Å². The van der Waals surface area contributed by atoms with Crippen molar-refractivity contribution in [3.63, 3.8) is 0 Å².